The highest BCUT2D eigenvalue weighted by Crippen LogP contribution is 2.20. The number of para-hydroxylation sites is 1. The second kappa shape index (κ2) is 7.49. The minimum absolute atomic E-state index is 0.238. The van der Waals surface area contributed by atoms with Crippen LogP contribution in [0.2, 0.25) is 0 Å². The van der Waals surface area contributed by atoms with Gasteiger partial charge in [0.05, 0.1) is 11.8 Å². The first-order valence-electron chi connectivity index (χ1n) is 7.95. The molecule has 3 aromatic rings. The van der Waals surface area contributed by atoms with Crippen molar-refractivity contribution in [2.24, 2.45) is 5.10 Å². The number of furan rings is 1. The van der Waals surface area contributed by atoms with Gasteiger partial charge in [-0.05, 0) is 56.3 Å². The maximum absolute atomic E-state index is 12.4. The van der Waals surface area contributed by atoms with Crippen molar-refractivity contribution < 1.29 is 9.21 Å². The van der Waals surface area contributed by atoms with Crippen LogP contribution in [0.3, 0.4) is 0 Å². The van der Waals surface area contributed by atoms with E-state index in [-0.39, 0.29) is 5.91 Å². The molecule has 2 heterocycles. The lowest BCUT2D eigenvalue weighted by molar-refractivity contribution is 0.0954. The van der Waals surface area contributed by atoms with Crippen molar-refractivity contribution >= 4 is 18.2 Å². The monoisotopic (exact) mass is 333 g/mol. The summed E-state index contributed by atoms with van der Waals surface area (Å²) in [4.78, 5) is 12.4. The Morgan fingerprint density at radius 3 is 2.68 bits per heavy atom. The molecule has 5 heteroatoms. The van der Waals surface area contributed by atoms with Crippen LogP contribution in [0.15, 0.2) is 70.4 Å². The zero-order valence-corrected chi connectivity index (χ0v) is 14.1. The zero-order valence-electron chi connectivity index (χ0n) is 14.1. The van der Waals surface area contributed by atoms with Crippen molar-refractivity contribution in [1.82, 2.24) is 9.99 Å². The van der Waals surface area contributed by atoms with Crippen LogP contribution in [-0.2, 0) is 0 Å². The van der Waals surface area contributed by atoms with E-state index in [4.69, 9.17) is 4.42 Å². The van der Waals surface area contributed by atoms with Gasteiger partial charge in [-0.25, -0.2) is 5.43 Å². The summed E-state index contributed by atoms with van der Waals surface area (Å²) in [5.74, 6) is 0.488. The average Bonchev–Trinajstić information content (AvgIpc) is 3.23. The molecule has 0 saturated carbocycles. The van der Waals surface area contributed by atoms with Crippen molar-refractivity contribution in [3.63, 3.8) is 0 Å². The standard InChI is InChI=1S/C20H19N3O2/c1-15-14-19(16(2)23(15)17-8-4-3-5-9-17)20(24)22-21-12-6-10-18-11-7-13-25-18/h3-14H,1-2H3,(H,22,24)/b10-6-,21-12?. The number of hydrogen-bond acceptors (Lipinski definition) is 3. The van der Waals surface area contributed by atoms with Crippen LogP contribution in [0, 0.1) is 13.8 Å². The summed E-state index contributed by atoms with van der Waals surface area (Å²) in [5.41, 5.74) is 6.05. The number of carbonyl (C=O) groups is 1. The smallest absolute Gasteiger partial charge is 0.273 e. The summed E-state index contributed by atoms with van der Waals surface area (Å²) in [6.07, 6.45) is 6.57. The topological polar surface area (TPSA) is 59.5 Å². The van der Waals surface area contributed by atoms with Gasteiger partial charge in [-0.3, -0.25) is 4.79 Å². The van der Waals surface area contributed by atoms with Crippen LogP contribution >= 0.6 is 0 Å². The highest BCUT2D eigenvalue weighted by molar-refractivity contribution is 5.96. The van der Waals surface area contributed by atoms with E-state index >= 15 is 0 Å². The maximum Gasteiger partial charge on any atom is 0.273 e. The van der Waals surface area contributed by atoms with E-state index in [1.807, 2.05) is 56.3 Å². The van der Waals surface area contributed by atoms with Crippen LogP contribution in [0.5, 0.6) is 0 Å². The molecule has 5 nitrogen and oxygen atoms in total. The molecule has 0 unspecified atom stereocenters. The van der Waals surface area contributed by atoms with Gasteiger partial charge in [0.15, 0.2) is 0 Å². The lowest BCUT2D eigenvalue weighted by Crippen LogP contribution is -2.18. The van der Waals surface area contributed by atoms with Crippen molar-refractivity contribution in [2.75, 3.05) is 0 Å². The molecule has 25 heavy (non-hydrogen) atoms. The number of benzene rings is 1. The number of allylic oxidation sites excluding steroid dienone is 1. The molecule has 0 aliphatic carbocycles. The van der Waals surface area contributed by atoms with E-state index in [9.17, 15) is 4.79 Å². The molecular weight excluding hydrogens is 314 g/mol. The number of hydrazone groups is 1. The van der Waals surface area contributed by atoms with E-state index in [1.54, 1.807) is 24.5 Å². The van der Waals surface area contributed by atoms with Gasteiger partial charge in [-0.15, -0.1) is 0 Å². The fourth-order valence-electron chi connectivity index (χ4n) is 2.69. The number of hydrogen-bond donors (Lipinski definition) is 1. The van der Waals surface area contributed by atoms with Crippen LogP contribution in [-0.4, -0.2) is 16.7 Å². The summed E-state index contributed by atoms with van der Waals surface area (Å²) in [7, 11) is 0. The Hall–Kier alpha value is -3.34. The quantitative estimate of drug-likeness (QED) is 0.564. The van der Waals surface area contributed by atoms with Crippen LogP contribution < -0.4 is 5.43 Å². The molecule has 3 rings (SSSR count). The molecule has 1 N–H and O–H groups in total. The van der Waals surface area contributed by atoms with E-state index in [1.165, 1.54) is 6.21 Å². The first-order chi connectivity index (χ1) is 12.2. The fraction of sp³-hybridized carbons (Fsp3) is 0.100. The Morgan fingerprint density at radius 1 is 1.16 bits per heavy atom. The largest absolute Gasteiger partial charge is 0.465 e. The molecule has 0 spiro atoms. The molecule has 0 aliphatic rings. The lowest BCUT2D eigenvalue weighted by Gasteiger charge is -2.09. The molecule has 0 radical (unpaired) electrons. The van der Waals surface area contributed by atoms with Gasteiger partial charge in [-0.2, -0.15) is 5.10 Å². The molecule has 0 atom stereocenters. The molecule has 0 saturated heterocycles. The van der Waals surface area contributed by atoms with Gasteiger partial charge in [0.2, 0.25) is 0 Å². The first-order valence-corrected chi connectivity index (χ1v) is 7.95. The minimum atomic E-state index is -0.238. The van der Waals surface area contributed by atoms with Crippen LogP contribution in [0.25, 0.3) is 11.8 Å². The maximum atomic E-state index is 12.4. The number of nitrogens with zero attached hydrogens (tertiary/aromatic N) is 2. The van der Waals surface area contributed by atoms with Crippen LogP contribution in [0.1, 0.15) is 27.5 Å². The average molecular weight is 333 g/mol. The minimum Gasteiger partial charge on any atom is -0.465 e. The molecule has 126 valence electrons. The molecular formula is C20H19N3O2. The van der Waals surface area contributed by atoms with Gasteiger partial charge in [0.1, 0.15) is 5.76 Å². The fourth-order valence-corrected chi connectivity index (χ4v) is 2.69. The SMILES string of the molecule is Cc1cc(C(=O)NN=C/C=C\c2ccco2)c(C)n1-c1ccccc1. The third kappa shape index (κ3) is 3.77. The number of amides is 1. The normalized spacial score (nSPS) is 11.4. The van der Waals surface area contributed by atoms with Crippen molar-refractivity contribution in [3.8, 4) is 5.69 Å². The molecule has 2 aromatic heterocycles. The van der Waals surface area contributed by atoms with Gasteiger partial charge in [0.25, 0.3) is 5.91 Å². The van der Waals surface area contributed by atoms with Crippen molar-refractivity contribution in [1.29, 1.82) is 0 Å². The Labute approximate surface area is 146 Å². The predicted molar refractivity (Wildman–Crippen MR) is 98.9 cm³/mol. The Bertz CT molecular complexity index is 904. The summed E-state index contributed by atoms with van der Waals surface area (Å²) >= 11 is 0. The molecule has 0 bridgehead atoms. The van der Waals surface area contributed by atoms with Crippen molar-refractivity contribution in [3.05, 3.63) is 83.6 Å². The first kappa shape index (κ1) is 16.5. The van der Waals surface area contributed by atoms with E-state index < -0.39 is 0 Å². The number of carbonyl (C=O) groups excluding carboxylic acids is 1. The highest BCUT2D eigenvalue weighted by Gasteiger charge is 2.15. The molecule has 0 aliphatic heterocycles. The van der Waals surface area contributed by atoms with Crippen LogP contribution in [0.4, 0.5) is 0 Å². The molecule has 1 amide bonds. The Morgan fingerprint density at radius 2 is 1.96 bits per heavy atom. The third-order valence-electron chi connectivity index (χ3n) is 3.82. The summed E-state index contributed by atoms with van der Waals surface area (Å²) in [6, 6.07) is 15.5. The van der Waals surface area contributed by atoms with Gasteiger partial charge in [-0.1, -0.05) is 18.2 Å². The van der Waals surface area contributed by atoms with E-state index in [0.29, 0.717) is 5.56 Å². The third-order valence-corrected chi connectivity index (χ3v) is 3.82. The van der Waals surface area contributed by atoms with Crippen molar-refractivity contribution in [2.45, 2.75) is 13.8 Å². The summed E-state index contributed by atoms with van der Waals surface area (Å²) in [5, 5.41) is 3.94. The second-order valence-corrected chi connectivity index (χ2v) is 5.55. The number of aryl methyl sites for hydroxylation is 1. The Kier molecular flexibility index (Phi) is 4.95. The van der Waals surface area contributed by atoms with E-state index in [2.05, 4.69) is 15.1 Å². The molecule has 0 fully saturated rings. The summed E-state index contributed by atoms with van der Waals surface area (Å²) in [6.45, 7) is 3.90. The summed E-state index contributed by atoms with van der Waals surface area (Å²) < 4.78 is 7.22. The highest BCUT2D eigenvalue weighted by atomic mass is 16.3. The zero-order chi connectivity index (χ0) is 17.6. The van der Waals surface area contributed by atoms with Gasteiger partial charge >= 0.3 is 0 Å². The van der Waals surface area contributed by atoms with Gasteiger partial charge < -0.3 is 8.98 Å². The van der Waals surface area contributed by atoms with E-state index in [0.717, 1.165) is 22.8 Å². The number of aromatic nitrogens is 1. The number of nitrogens with one attached hydrogen (secondary N) is 1. The lowest BCUT2D eigenvalue weighted by atomic mass is 10.2. The predicted octanol–water partition coefficient (Wildman–Crippen LogP) is 4.12. The number of rotatable bonds is 5. The second-order valence-electron chi connectivity index (χ2n) is 5.55. The van der Waals surface area contributed by atoms with Gasteiger partial charge in [0, 0.05) is 23.3 Å². The Balaban J connectivity index is 1.71. The molecule has 1 aromatic carbocycles.